The van der Waals surface area contributed by atoms with E-state index in [4.69, 9.17) is 11.6 Å². The Morgan fingerprint density at radius 3 is 2.31 bits per heavy atom. The van der Waals surface area contributed by atoms with Gasteiger partial charge in [-0.2, -0.15) is 0 Å². The number of hydrogen-bond donors (Lipinski definition) is 2. The van der Waals surface area contributed by atoms with Gasteiger partial charge in [0, 0.05) is 17.4 Å². The highest BCUT2D eigenvalue weighted by molar-refractivity contribution is 6.30. The summed E-state index contributed by atoms with van der Waals surface area (Å²) in [5.41, 5.74) is 1.18. The van der Waals surface area contributed by atoms with E-state index in [1.807, 2.05) is 24.3 Å². The quantitative estimate of drug-likeness (QED) is 0.709. The third-order valence-corrected chi connectivity index (χ3v) is 2.30. The van der Waals surface area contributed by atoms with E-state index in [1.165, 1.54) is 5.69 Å². The van der Waals surface area contributed by atoms with Gasteiger partial charge in [0.15, 0.2) is 0 Å². The van der Waals surface area contributed by atoms with Crippen LogP contribution in [0.5, 0.6) is 0 Å². The maximum Gasteiger partial charge on any atom is 0.0704 e. The van der Waals surface area contributed by atoms with Gasteiger partial charge in [0.2, 0.25) is 0 Å². The lowest BCUT2D eigenvalue weighted by Crippen LogP contribution is -2.50. The van der Waals surface area contributed by atoms with Crippen molar-refractivity contribution in [3.63, 3.8) is 0 Å². The van der Waals surface area contributed by atoms with Gasteiger partial charge in [0.05, 0.1) is 13.3 Å². The first-order valence-electron chi connectivity index (χ1n) is 4.28. The van der Waals surface area contributed by atoms with Crippen molar-refractivity contribution < 1.29 is 0 Å². The summed E-state index contributed by atoms with van der Waals surface area (Å²) in [6.45, 7) is 2.65. The van der Waals surface area contributed by atoms with Crippen LogP contribution in [0.4, 0.5) is 5.69 Å². The fourth-order valence-corrected chi connectivity index (χ4v) is 1.49. The molecule has 1 aliphatic rings. The van der Waals surface area contributed by atoms with Crippen molar-refractivity contribution >= 4 is 17.3 Å². The van der Waals surface area contributed by atoms with Crippen LogP contribution in [-0.4, -0.2) is 20.0 Å². The highest BCUT2D eigenvalue weighted by Crippen LogP contribution is 2.17. The van der Waals surface area contributed by atoms with Gasteiger partial charge in [-0.15, -0.1) is 0 Å². The van der Waals surface area contributed by atoms with Crippen LogP contribution in [0.1, 0.15) is 0 Å². The Morgan fingerprint density at radius 1 is 1.08 bits per heavy atom. The fraction of sp³-hybridized carbons (Fsp3) is 0.333. The number of rotatable bonds is 1. The molecule has 0 radical (unpaired) electrons. The molecule has 1 aliphatic heterocycles. The Bertz CT molecular complexity index is 267. The van der Waals surface area contributed by atoms with E-state index in [2.05, 4.69) is 15.5 Å². The molecule has 1 aromatic carbocycles. The summed E-state index contributed by atoms with van der Waals surface area (Å²) in [5.74, 6) is 0. The van der Waals surface area contributed by atoms with Crippen molar-refractivity contribution in [2.45, 2.75) is 0 Å². The number of benzene rings is 1. The molecular weight excluding hydrogens is 186 g/mol. The van der Waals surface area contributed by atoms with E-state index in [0.29, 0.717) is 0 Å². The lowest BCUT2D eigenvalue weighted by atomic mass is 10.3. The minimum atomic E-state index is 0.779. The number of anilines is 1. The predicted octanol–water partition coefficient (Wildman–Crippen LogP) is 1.21. The van der Waals surface area contributed by atoms with Crippen molar-refractivity contribution in [3.05, 3.63) is 29.3 Å². The molecule has 2 rings (SSSR count). The van der Waals surface area contributed by atoms with Crippen molar-refractivity contribution in [2.24, 2.45) is 0 Å². The summed E-state index contributed by atoms with van der Waals surface area (Å²) in [5, 5.41) is 7.24. The molecule has 1 fully saturated rings. The van der Waals surface area contributed by atoms with Crippen LogP contribution < -0.4 is 15.5 Å². The first kappa shape index (κ1) is 8.81. The summed E-state index contributed by atoms with van der Waals surface area (Å²) in [4.78, 5) is 2.21. The molecule has 13 heavy (non-hydrogen) atoms. The minimum Gasteiger partial charge on any atom is -0.346 e. The molecule has 0 amide bonds. The summed E-state index contributed by atoms with van der Waals surface area (Å²) in [7, 11) is 0. The zero-order chi connectivity index (χ0) is 9.10. The highest BCUT2D eigenvalue weighted by atomic mass is 35.5. The van der Waals surface area contributed by atoms with Crippen LogP contribution in [0.25, 0.3) is 0 Å². The van der Waals surface area contributed by atoms with Crippen LogP contribution in [0.3, 0.4) is 0 Å². The van der Waals surface area contributed by atoms with E-state index < -0.39 is 0 Å². The van der Waals surface area contributed by atoms with Crippen molar-refractivity contribution in [3.8, 4) is 0 Å². The zero-order valence-corrected chi connectivity index (χ0v) is 8.01. The molecule has 0 aromatic heterocycles. The zero-order valence-electron chi connectivity index (χ0n) is 7.26. The summed E-state index contributed by atoms with van der Waals surface area (Å²) >= 11 is 5.80. The first-order chi connectivity index (χ1) is 6.36. The SMILES string of the molecule is Clc1ccc(N2CNCNC2)cc1. The predicted molar refractivity (Wildman–Crippen MR) is 54.8 cm³/mol. The van der Waals surface area contributed by atoms with Gasteiger partial charge in [0.1, 0.15) is 0 Å². The largest absolute Gasteiger partial charge is 0.346 e. The number of halogens is 1. The van der Waals surface area contributed by atoms with Crippen LogP contribution in [0.15, 0.2) is 24.3 Å². The molecule has 0 unspecified atom stereocenters. The van der Waals surface area contributed by atoms with Gasteiger partial charge in [0.25, 0.3) is 0 Å². The molecule has 0 aliphatic carbocycles. The number of nitrogens with zero attached hydrogens (tertiary/aromatic N) is 1. The summed E-state index contributed by atoms with van der Waals surface area (Å²) in [6, 6.07) is 7.87. The normalized spacial score (nSPS) is 17.5. The topological polar surface area (TPSA) is 27.3 Å². The molecular formula is C9H12ClN3. The second-order valence-corrected chi connectivity index (χ2v) is 3.45. The van der Waals surface area contributed by atoms with Gasteiger partial charge in [-0.05, 0) is 24.3 Å². The molecule has 0 saturated carbocycles. The van der Waals surface area contributed by atoms with Crippen LogP contribution in [-0.2, 0) is 0 Å². The molecule has 4 heteroatoms. The maximum atomic E-state index is 5.80. The lowest BCUT2D eigenvalue weighted by Gasteiger charge is -2.30. The van der Waals surface area contributed by atoms with Crippen LogP contribution in [0, 0.1) is 0 Å². The minimum absolute atomic E-state index is 0.779. The van der Waals surface area contributed by atoms with Crippen molar-refractivity contribution in [1.29, 1.82) is 0 Å². The maximum absolute atomic E-state index is 5.80. The van der Waals surface area contributed by atoms with Gasteiger partial charge >= 0.3 is 0 Å². The smallest absolute Gasteiger partial charge is 0.0704 e. The lowest BCUT2D eigenvalue weighted by molar-refractivity contribution is 0.494. The second-order valence-electron chi connectivity index (χ2n) is 3.01. The van der Waals surface area contributed by atoms with E-state index >= 15 is 0 Å². The summed E-state index contributed by atoms with van der Waals surface area (Å²) in [6.07, 6.45) is 0. The molecule has 1 heterocycles. The van der Waals surface area contributed by atoms with E-state index in [-0.39, 0.29) is 0 Å². The third-order valence-electron chi connectivity index (χ3n) is 2.05. The molecule has 0 spiro atoms. The fourth-order valence-electron chi connectivity index (χ4n) is 1.36. The monoisotopic (exact) mass is 197 g/mol. The Hall–Kier alpha value is -0.770. The van der Waals surface area contributed by atoms with Gasteiger partial charge in [-0.3, -0.25) is 10.6 Å². The Kier molecular flexibility index (Phi) is 2.68. The number of hydrogen-bond acceptors (Lipinski definition) is 3. The Labute approximate surface area is 82.7 Å². The molecule has 70 valence electrons. The molecule has 1 saturated heterocycles. The van der Waals surface area contributed by atoms with Gasteiger partial charge in [-0.1, -0.05) is 11.6 Å². The first-order valence-corrected chi connectivity index (χ1v) is 4.66. The molecule has 3 nitrogen and oxygen atoms in total. The van der Waals surface area contributed by atoms with Gasteiger partial charge in [-0.25, -0.2) is 0 Å². The molecule has 0 bridgehead atoms. The number of nitrogens with one attached hydrogen (secondary N) is 2. The van der Waals surface area contributed by atoms with Crippen molar-refractivity contribution in [1.82, 2.24) is 10.6 Å². The second kappa shape index (κ2) is 3.96. The molecule has 2 N–H and O–H groups in total. The Morgan fingerprint density at radius 2 is 1.69 bits per heavy atom. The Balaban J connectivity index is 2.10. The van der Waals surface area contributed by atoms with E-state index in [1.54, 1.807) is 0 Å². The van der Waals surface area contributed by atoms with Gasteiger partial charge < -0.3 is 4.90 Å². The van der Waals surface area contributed by atoms with E-state index in [9.17, 15) is 0 Å². The third kappa shape index (κ3) is 2.12. The summed E-state index contributed by atoms with van der Waals surface area (Å²) < 4.78 is 0. The average molecular weight is 198 g/mol. The van der Waals surface area contributed by atoms with Crippen LogP contribution >= 0.6 is 11.6 Å². The van der Waals surface area contributed by atoms with E-state index in [0.717, 1.165) is 25.0 Å². The molecule has 0 atom stereocenters. The molecule has 1 aromatic rings. The van der Waals surface area contributed by atoms with Crippen molar-refractivity contribution in [2.75, 3.05) is 24.9 Å². The van der Waals surface area contributed by atoms with Crippen LogP contribution in [0.2, 0.25) is 5.02 Å². The highest BCUT2D eigenvalue weighted by Gasteiger charge is 2.08. The average Bonchev–Trinajstić information content (AvgIpc) is 2.20. The standard InChI is InChI=1S/C9H12ClN3/c10-8-1-3-9(4-2-8)13-6-11-5-12-7-13/h1-4,11-12H,5-7H2.